The van der Waals surface area contributed by atoms with Gasteiger partial charge in [0.15, 0.2) is 0 Å². The molecule has 2 N–H and O–H groups in total. The largest absolute Gasteiger partial charge is 0.345 e. The summed E-state index contributed by atoms with van der Waals surface area (Å²) >= 11 is 6.20. The first-order valence-electron chi connectivity index (χ1n) is 11.0. The highest BCUT2D eigenvalue weighted by Gasteiger charge is 2.25. The summed E-state index contributed by atoms with van der Waals surface area (Å²) < 4.78 is 15.7. The van der Waals surface area contributed by atoms with E-state index in [9.17, 15) is 14.0 Å². The smallest absolute Gasteiger partial charge is 0.253 e. The van der Waals surface area contributed by atoms with Crippen LogP contribution in [0.4, 0.5) is 4.39 Å². The molecule has 3 aromatic carbocycles. The number of benzene rings is 3. The summed E-state index contributed by atoms with van der Waals surface area (Å²) in [6, 6.07) is 20.7. The Morgan fingerprint density at radius 2 is 1.69 bits per heavy atom. The number of carbonyl (C=O) groups excluding carboxylic acids is 2. The van der Waals surface area contributed by atoms with Gasteiger partial charge in [0.05, 0.1) is 23.0 Å². The number of nitrogens with zero attached hydrogens (tertiary/aromatic N) is 2. The zero-order valence-corrected chi connectivity index (χ0v) is 19.7. The maximum atomic E-state index is 14.0. The maximum absolute atomic E-state index is 14.0. The van der Waals surface area contributed by atoms with E-state index in [0.29, 0.717) is 22.0 Å². The Labute approximate surface area is 207 Å². The molecule has 0 aliphatic carbocycles. The molecular weight excluding hydrogens is 467 g/mol. The van der Waals surface area contributed by atoms with Crippen molar-refractivity contribution in [2.24, 2.45) is 7.05 Å². The third kappa shape index (κ3) is 5.94. The van der Waals surface area contributed by atoms with Crippen molar-refractivity contribution in [3.05, 3.63) is 125 Å². The fourth-order valence-corrected chi connectivity index (χ4v) is 4.08. The quantitative estimate of drug-likeness (QED) is 0.366. The molecule has 1 heterocycles. The number of carbonyl (C=O) groups is 2. The minimum atomic E-state index is -0.672. The van der Waals surface area contributed by atoms with E-state index in [1.54, 1.807) is 60.4 Å². The summed E-state index contributed by atoms with van der Waals surface area (Å²) in [5, 5.41) is 6.21. The SMILES string of the molecule is Cn1ccnc1[C@@H](NC(=O)C[C@H](NC(=O)c1ccccc1Cl)c1ccccc1)c1cccc(F)c1. The number of hydrogen-bond donors (Lipinski definition) is 2. The van der Waals surface area contributed by atoms with Crippen LogP contribution in [0.3, 0.4) is 0 Å². The van der Waals surface area contributed by atoms with Crippen molar-refractivity contribution in [3.8, 4) is 0 Å². The molecule has 0 spiro atoms. The minimum absolute atomic E-state index is 0.0452. The fourth-order valence-electron chi connectivity index (χ4n) is 3.86. The second kappa shape index (κ2) is 11.0. The van der Waals surface area contributed by atoms with Crippen LogP contribution in [-0.4, -0.2) is 21.4 Å². The first kappa shape index (κ1) is 24.2. The summed E-state index contributed by atoms with van der Waals surface area (Å²) in [7, 11) is 1.80. The third-order valence-corrected chi connectivity index (χ3v) is 5.95. The molecule has 4 aromatic rings. The number of amides is 2. The van der Waals surface area contributed by atoms with Crippen molar-refractivity contribution in [2.75, 3.05) is 0 Å². The molecule has 0 fully saturated rings. The van der Waals surface area contributed by atoms with Crippen molar-refractivity contribution < 1.29 is 14.0 Å². The summed E-state index contributed by atoms with van der Waals surface area (Å²) in [5.74, 6) is -0.580. The van der Waals surface area contributed by atoms with Crippen LogP contribution >= 0.6 is 11.6 Å². The Balaban J connectivity index is 1.58. The first-order valence-corrected chi connectivity index (χ1v) is 11.4. The number of aryl methyl sites for hydroxylation is 1. The van der Waals surface area contributed by atoms with Gasteiger partial charge in [0, 0.05) is 19.4 Å². The van der Waals surface area contributed by atoms with E-state index < -0.39 is 17.9 Å². The predicted octanol–water partition coefficient (Wildman–Crippen LogP) is 4.98. The molecule has 2 atom stereocenters. The molecule has 0 unspecified atom stereocenters. The average molecular weight is 491 g/mol. The van der Waals surface area contributed by atoms with Crippen molar-refractivity contribution >= 4 is 23.4 Å². The average Bonchev–Trinajstić information content (AvgIpc) is 3.28. The number of imidazole rings is 1. The predicted molar refractivity (Wildman–Crippen MR) is 132 cm³/mol. The molecule has 0 aliphatic heterocycles. The molecule has 4 rings (SSSR count). The van der Waals surface area contributed by atoms with Gasteiger partial charge in [0.1, 0.15) is 17.7 Å². The van der Waals surface area contributed by atoms with Gasteiger partial charge in [0.25, 0.3) is 5.91 Å². The van der Waals surface area contributed by atoms with Gasteiger partial charge < -0.3 is 15.2 Å². The molecule has 2 amide bonds. The van der Waals surface area contributed by atoms with Gasteiger partial charge in [-0.05, 0) is 35.4 Å². The van der Waals surface area contributed by atoms with Crippen molar-refractivity contribution in [3.63, 3.8) is 0 Å². The normalized spacial score (nSPS) is 12.5. The van der Waals surface area contributed by atoms with Crippen LogP contribution < -0.4 is 10.6 Å². The van der Waals surface area contributed by atoms with Gasteiger partial charge >= 0.3 is 0 Å². The van der Waals surface area contributed by atoms with E-state index in [1.165, 1.54) is 12.1 Å². The minimum Gasteiger partial charge on any atom is -0.345 e. The van der Waals surface area contributed by atoms with Crippen molar-refractivity contribution in [2.45, 2.75) is 18.5 Å². The molecular formula is C27H24ClFN4O2. The van der Waals surface area contributed by atoms with E-state index in [4.69, 9.17) is 11.6 Å². The molecule has 8 heteroatoms. The standard InChI is InChI=1S/C27H24ClFN4O2/c1-33-15-14-30-26(33)25(19-10-7-11-20(29)16-19)32-24(34)17-23(18-8-3-2-4-9-18)31-27(35)21-12-5-6-13-22(21)28/h2-16,23,25H,17H2,1H3,(H,31,35)(H,32,34)/t23-,25-/m0/s1. The second-order valence-corrected chi connectivity index (χ2v) is 8.48. The molecule has 35 heavy (non-hydrogen) atoms. The van der Waals surface area contributed by atoms with Gasteiger partial charge in [-0.25, -0.2) is 9.37 Å². The van der Waals surface area contributed by atoms with E-state index >= 15 is 0 Å². The highest BCUT2D eigenvalue weighted by Crippen LogP contribution is 2.24. The Kier molecular flexibility index (Phi) is 7.57. The van der Waals surface area contributed by atoms with Crippen LogP contribution in [0.15, 0.2) is 91.3 Å². The molecule has 0 aliphatic rings. The van der Waals surface area contributed by atoms with E-state index in [0.717, 1.165) is 5.56 Å². The van der Waals surface area contributed by atoms with Gasteiger partial charge in [-0.15, -0.1) is 0 Å². The lowest BCUT2D eigenvalue weighted by Gasteiger charge is -2.23. The Bertz CT molecular complexity index is 1330. The highest BCUT2D eigenvalue weighted by molar-refractivity contribution is 6.33. The number of rotatable bonds is 8. The first-order chi connectivity index (χ1) is 16.9. The lowest BCUT2D eigenvalue weighted by molar-refractivity contribution is -0.122. The van der Waals surface area contributed by atoms with E-state index in [1.807, 2.05) is 30.3 Å². The highest BCUT2D eigenvalue weighted by atomic mass is 35.5. The van der Waals surface area contributed by atoms with Gasteiger partial charge in [-0.3, -0.25) is 9.59 Å². The molecule has 0 bridgehead atoms. The molecule has 178 valence electrons. The van der Waals surface area contributed by atoms with Gasteiger partial charge in [-0.2, -0.15) is 0 Å². The molecule has 6 nitrogen and oxygen atoms in total. The van der Waals surface area contributed by atoms with Crippen molar-refractivity contribution in [1.82, 2.24) is 20.2 Å². The lowest BCUT2D eigenvalue weighted by atomic mass is 10.0. The van der Waals surface area contributed by atoms with E-state index in [2.05, 4.69) is 15.6 Å². The topological polar surface area (TPSA) is 76.0 Å². The van der Waals surface area contributed by atoms with Crippen molar-refractivity contribution in [1.29, 1.82) is 0 Å². The molecule has 1 aromatic heterocycles. The van der Waals surface area contributed by atoms with Crippen LogP contribution in [0.25, 0.3) is 0 Å². The zero-order valence-electron chi connectivity index (χ0n) is 19.0. The van der Waals surface area contributed by atoms with Gasteiger partial charge in [-0.1, -0.05) is 66.2 Å². The molecule has 0 saturated carbocycles. The summed E-state index contributed by atoms with van der Waals surface area (Å²) in [6.45, 7) is 0. The summed E-state index contributed by atoms with van der Waals surface area (Å²) in [5.41, 5.74) is 1.65. The van der Waals surface area contributed by atoms with E-state index in [-0.39, 0.29) is 18.2 Å². The second-order valence-electron chi connectivity index (χ2n) is 8.07. The Morgan fingerprint density at radius 1 is 0.971 bits per heavy atom. The fraction of sp³-hybridized carbons (Fsp3) is 0.148. The molecule has 0 radical (unpaired) electrons. The van der Waals surface area contributed by atoms with Crippen LogP contribution in [-0.2, 0) is 11.8 Å². The number of aromatic nitrogens is 2. The number of nitrogens with one attached hydrogen (secondary N) is 2. The van der Waals surface area contributed by atoms with Crippen LogP contribution in [0.1, 0.15) is 45.8 Å². The summed E-state index contributed by atoms with van der Waals surface area (Å²) in [6.07, 6.45) is 3.32. The summed E-state index contributed by atoms with van der Waals surface area (Å²) in [4.78, 5) is 30.6. The van der Waals surface area contributed by atoms with Gasteiger partial charge in [0.2, 0.25) is 5.91 Å². The number of hydrogen-bond acceptors (Lipinski definition) is 3. The monoisotopic (exact) mass is 490 g/mol. The molecule has 0 saturated heterocycles. The Morgan fingerprint density at radius 3 is 2.37 bits per heavy atom. The third-order valence-electron chi connectivity index (χ3n) is 5.62. The Hall–Kier alpha value is -3.97. The van der Waals surface area contributed by atoms with Crippen LogP contribution in [0.2, 0.25) is 5.02 Å². The zero-order chi connectivity index (χ0) is 24.8. The van der Waals surface area contributed by atoms with Crippen LogP contribution in [0, 0.1) is 5.82 Å². The maximum Gasteiger partial charge on any atom is 0.253 e. The lowest BCUT2D eigenvalue weighted by Crippen LogP contribution is -2.36. The van der Waals surface area contributed by atoms with Crippen LogP contribution in [0.5, 0.6) is 0 Å². The number of halogens is 2.